The number of carbonyl (C=O) groups is 2. The minimum Gasteiger partial charge on any atom is -0.478 e. The third-order valence-corrected chi connectivity index (χ3v) is 2.24. The molecule has 1 unspecified atom stereocenters. The number of carboxylic acids is 1. The van der Waals surface area contributed by atoms with Gasteiger partial charge in [0.1, 0.15) is 6.04 Å². The fourth-order valence-corrected chi connectivity index (χ4v) is 1.31. The summed E-state index contributed by atoms with van der Waals surface area (Å²) in [6.45, 7) is 3.27. The van der Waals surface area contributed by atoms with Gasteiger partial charge >= 0.3 is 5.97 Å². The standard InChI is InChI=1S/C9H12N2O3/c1-5-7(9(13)14)3-4-11(5)6(2)8(10)12/h3-4,6H,1-2H3,(H2,10,12)(H,13,14). The van der Waals surface area contributed by atoms with Crippen LogP contribution in [0.5, 0.6) is 0 Å². The van der Waals surface area contributed by atoms with Crippen LogP contribution >= 0.6 is 0 Å². The van der Waals surface area contributed by atoms with Gasteiger partial charge < -0.3 is 15.4 Å². The molecule has 1 heterocycles. The molecule has 0 radical (unpaired) electrons. The Bertz CT molecular complexity index is 381. The summed E-state index contributed by atoms with van der Waals surface area (Å²) in [5, 5.41) is 8.77. The van der Waals surface area contributed by atoms with Gasteiger partial charge in [0.2, 0.25) is 5.91 Å². The van der Waals surface area contributed by atoms with Gasteiger partial charge in [-0.2, -0.15) is 0 Å². The molecule has 0 spiro atoms. The van der Waals surface area contributed by atoms with Crippen molar-refractivity contribution in [3.05, 3.63) is 23.5 Å². The molecule has 1 amide bonds. The number of carboxylic acid groups (broad SMARTS) is 1. The summed E-state index contributed by atoms with van der Waals surface area (Å²) >= 11 is 0. The molecule has 0 bridgehead atoms. The molecule has 5 heteroatoms. The minimum atomic E-state index is -1.00. The maximum absolute atomic E-state index is 10.9. The van der Waals surface area contributed by atoms with Crippen LogP contribution in [0, 0.1) is 6.92 Å². The molecule has 1 aromatic heterocycles. The number of aromatic carboxylic acids is 1. The number of carbonyl (C=O) groups excluding carboxylic acids is 1. The lowest BCUT2D eigenvalue weighted by Gasteiger charge is -2.11. The Balaban J connectivity index is 3.13. The van der Waals surface area contributed by atoms with Crippen LogP contribution in [0.4, 0.5) is 0 Å². The van der Waals surface area contributed by atoms with Gasteiger partial charge in [0.05, 0.1) is 5.56 Å². The normalized spacial score (nSPS) is 12.4. The number of nitrogens with two attached hydrogens (primary N) is 1. The Hall–Kier alpha value is -1.78. The first-order valence-electron chi connectivity index (χ1n) is 4.15. The molecule has 0 fully saturated rings. The lowest BCUT2D eigenvalue weighted by Crippen LogP contribution is -2.24. The van der Waals surface area contributed by atoms with E-state index in [1.54, 1.807) is 24.6 Å². The summed E-state index contributed by atoms with van der Waals surface area (Å²) < 4.78 is 1.55. The number of primary amides is 1. The summed E-state index contributed by atoms with van der Waals surface area (Å²) in [7, 11) is 0. The molecule has 1 atom stereocenters. The van der Waals surface area contributed by atoms with E-state index in [0.717, 1.165) is 0 Å². The van der Waals surface area contributed by atoms with Crippen molar-refractivity contribution in [2.45, 2.75) is 19.9 Å². The molecule has 14 heavy (non-hydrogen) atoms. The van der Waals surface area contributed by atoms with Crippen molar-refractivity contribution >= 4 is 11.9 Å². The predicted molar refractivity (Wildman–Crippen MR) is 50.0 cm³/mol. The van der Waals surface area contributed by atoms with Gasteiger partial charge in [0.15, 0.2) is 0 Å². The van der Waals surface area contributed by atoms with E-state index in [-0.39, 0.29) is 5.56 Å². The molecule has 0 aromatic carbocycles. The highest BCUT2D eigenvalue weighted by Crippen LogP contribution is 2.15. The van der Waals surface area contributed by atoms with Crippen molar-refractivity contribution in [3.8, 4) is 0 Å². The number of amides is 1. The van der Waals surface area contributed by atoms with Gasteiger partial charge in [-0.05, 0) is 19.9 Å². The lowest BCUT2D eigenvalue weighted by atomic mass is 10.2. The first-order valence-corrected chi connectivity index (χ1v) is 4.15. The zero-order valence-electron chi connectivity index (χ0n) is 8.02. The van der Waals surface area contributed by atoms with E-state index in [2.05, 4.69) is 0 Å². The zero-order chi connectivity index (χ0) is 10.9. The van der Waals surface area contributed by atoms with Crippen molar-refractivity contribution in [2.24, 2.45) is 5.73 Å². The smallest absolute Gasteiger partial charge is 0.337 e. The fraction of sp³-hybridized carbons (Fsp3) is 0.333. The van der Waals surface area contributed by atoms with E-state index in [9.17, 15) is 9.59 Å². The first-order chi connectivity index (χ1) is 6.45. The quantitative estimate of drug-likeness (QED) is 0.739. The van der Waals surface area contributed by atoms with Crippen LogP contribution in [-0.2, 0) is 4.79 Å². The van der Waals surface area contributed by atoms with Crippen LogP contribution in [0.3, 0.4) is 0 Å². The Labute approximate surface area is 81.1 Å². The molecular formula is C9H12N2O3. The molecule has 0 saturated carbocycles. The Kier molecular flexibility index (Phi) is 2.60. The molecule has 3 N–H and O–H groups in total. The van der Waals surface area contributed by atoms with Crippen molar-refractivity contribution in [2.75, 3.05) is 0 Å². The van der Waals surface area contributed by atoms with Crippen molar-refractivity contribution in [3.63, 3.8) is 0 Å². The second-order valence-electron chi connectivity index (χ2n) is 3.11. The van der Waals surface area contributed by atoms with Gasteiger partial charge in [-0.25, -0.2) is 4.79 Å². The van der Waals surface area contributed by atoms with E-state index in [1.165, 1.54) is 6.07 Å². The van der Waals surface area contributed by atoms with Crippen molar-refractivity contribution < 1.29 is 14.7 Å². The van der Waals surface area contributed by atoms with Gasteiger partial charge in [0, 0.05) is 11.9 Å². The molecule has 1 aromatic rings. The molecule has 0 aliphatic heterocycles. The Morgan fingerprint density at radius 3 is 2.50 bits per heavy atom. The van der Waals surface area contributed by atoms with Crippen LogP contribution < -0.4 is 5.73 Å². The molecule has 5 nitrogen and oxygen atoms in total. The van der Waals surface area contributed by atoms with E-state index in [0.29, 0.717) is 5.69 Å². The molecule has 0 saturated heterocycles. The highest BCUT2D eigenvalue weighted by Gasteiger charge is 2.17. The van der Waals surface area contributed by atoms with Crippen LogP contribution in [0.15, 0.2) is 12.3 Å². The highest BCUT2D eigenvalue weighted by atomic mass is 16.4. The summed E-state index contributed by atoms with van der Waals surface area (Å²) in [6, 6.07) is 0.931. The van der Waals surface area contributed by atoms with Gasteiger partial charge in [0.25, 0.3) is 0 Å². The largest absolute Gasteiger partial charge is 0.478 e. The number of nitrogens with zero attached hydrogens (tertiary/aromatic N) is 1. The Morgan fingerprint density at radius 1 is 1.57 bits per heavy atom. The predicted octanol–water partition coefficient (Wildman–Crippen LogP) is 0.541. The molecule has 1 rings (SSSR count). The van der Waals surface area contributed by atoms with Crippen LogP contribution in [0.1, 0.15) is 29.0 Å². The van der Waals surface area contributed by atoms with E-state index in [4.69, 9.17) is 10.8 Å². The second kappa shape index (κ2) is 3.53. The third kappa shape index (κ3) is 1.61. The fourth-order valence-electron chi connectivity index (χ4n) is 1.31. The topological polar surface area (TPSA) is 85.3 Å². The number of hydrogen-bond acceptors (Lipinski definition) is 2. The maximum atomic E-state index is 10.9. The van der Waals surface area contributed by atoms with Crippen LogP contribution in [0.2, 0.25) is 0 Å². The van der Waals surface area contributed by atoms with E-state index in [1.807, 2.05) is 0 Å². The van der Waals surface area contributed by atoms with Crippen molar-refractivity contribution in [1.82, 2.24) is 4.57 Å². The lowest BCUT2D eigenvalue weighted by molar-refractivity contribution is -0.120. The number of aromatic nitrogens is 1. The second-order valence-corrected chi connectivity index (χ2v) is 3.11. The van der Waals surface area contributed by atoms with Gasteiger partial charge in [-0.3, -0.25) is 4.79 Å². The SMILES string of the molecule is Cc1c(C(=O)O)ccn1C(C)C(N)=O. The Morgan fingerprint density at radius 2 is 2.14 bits per heavy atom. The van der Waals surface area contributed by atoms with Crippen LogP contribution in [-0.4, -0.2) is 21.6 Å². The molecule has 0 aliphatic carbocycles. The van der Waals surface area contributed by atoms with Crippen LogP contribution in [0.25, 0.3) is 0 Å². The zero-order valence-corrected chi connectivity index (χ0v) is 8.02. The van der Waals surface area contributed by atoms with E-state index >= 15 is 0 Å². The molecule has 76 valence electrons. The maximum Gasteiger partial charge on any atom is 0.337 e. The van der Waals surface area contributed by atoms with Crippen molar-refractivity contribution in [1.29, 1.82) is 0 Å². The average Bonchev–Trinajstić information content (AvgIpc) is 2.45. The van der Waals surface area contributed by atoms with Gasteiger partial charge in [-0.1, -0.05) is 0 Å². The first kappa shape index (κ1) is 10.3. The number of hydrogen-bond donors (Lipinski definition) is 2. The summed E-state index contributed by atoms with van der Waals surface area (Å²) in [4.78, 5) is 21.6. The molecule has 0 aliphatic rings. The summed E-state index contributed by atoms with van der Waals surface area (Å²) in [6.07, 6.45) is 1.55. The number of rotatable bonds is 3. The van der Waals surface area contributed by atoms with E-state index < -0.39 is 17.9 Å². The third-order valence-electron chi connectivity index (χ3n) is 2.24. The van der Waals surface area contributed by atoms with Gasteiger partial charge in [-0.15, -0.1) is 0 Å². The monoisotopic (exact) mass is 196 g/mol. The summed E-state index contributed by atoms with van der Waals surface area (Å²) in [5.74, 6) is -1.49. The minimum absolute atomic E-state index is 0.193. The average molecular weight is 196 g/mol. The molecular weight excluding hydrogens is 184 g/mol. The summed E-state index contributed by atoms with van der Waals surface area (Å²) in [5.41, 5.74) is 5.84. The highest BCUT2D eigenvalue weighted by molar-refractivity contribution is 5.89.